The molecule has 0 aliphatic carbocycles. The highest BCUT2D eigenvalue weighted by Crippen LogP contribution is 2.34. The van der Waals surface area contributed by atoms with Gasteiger partial charge in [-0.15, -0.1) is 0 Å². The Bertz CT molecular complexity index is 932. The number of carbonyl (C=O) groups excluding carboxylic acids is 2. The Hall–Kier alpha value is -3.35. The number of amides is 3. The molecule has 0 aromatic heterocycles. The summed E-state index contributed by atoms with van der Waals surface area (Å²) in [7, 11) is 0. The SMILES string of the molecule is CC(CNC(=O)C1=NOC2(CCN(C(=O)Nc3ccccc3)C2)C1)c1ccccc1. The first-order valence-electron chi connectivity index (χ1n) is 10.2. The minimum Gasteiger partial charge on any atom is -0.386 e. The van der Waals surface area contributed by atoms with E-state index >= 15 is 0 Å². The molecule has 156 valence electrons. The average molecular weight is 406 g/mol. The summed E-state index contributed by atoms with van der Waals surface area (Å²) in [4.78, 5) is 32.5. The molecule has 2 aromatic carbocycles. The van der Waals surface area contributed by atoms with Gasteiger partial charge in [0.1, 0.15) is 5.71 Å². The molecule has 0 radical (unpaired) electrons. The van der Waals surface area contributed by atoms with E-state index in [0.29, 0.717) is 38.2 Å². The number of rotatable bonds is 5. The molecule has 7 heteroatoms. The molecule has 2 aromatic rings. The van der Waals surface area contributed by atoms with Crippen LogP contribution in [0.2, 0.25) is 0 Å². The van der Waals surface area contributed by atoms with Gasteiger partial charge in [-0.3, -0.25) is 4.79 Å². The van der Waals surface area contributed by atoms with Crippen molar-refractivity contribution in [3.05, 3.63) is 66.2 Å². The summed E-state index contributed by atoms with van der Waals surface area (Å²) in [6, 6.07) is 19.2. The van der Waals surface area contributed by atoms with Crippen molar-refractivity contribution in [2.75, 3.05) is 25.0 Å². The Labute approximate surface area is 176 Å². The lowest BCUT2D eigenvalue weighted by Gasteiger charge is -2.22. The molecular weight excluding hydrogens is 380 g/mol. The van der Waals surface area contributed by atoms with Crippen LogP contribution in [0.15, 0.2) is 65.8 Å². The number of nitrogens with one attached hydrogen (secondary N) is 2. The topological polar surface area (TPSA) is 83.0 Å². The van der Waals surface area contributed by atoms with E-state index in [0.717, 1.165) is 5.69 Å². The van der Waals surface area contributed by atoms with Gasteiger partial charge in [-0.05, 0) is 23.6 Å². The maximum absolute atomic E-state index is 12.6. The molecule has 2 N–H and O–H groups in total. The molecule has 2 aliphatic rings. The predicted molar refractivity (Wildman–Crippen MR) is 115 cm³/mol. The van der Waals surface area contributed by atoms with Crippen molar-refractivity contribution < 1.29 is 14.4 Å². The molecule has 2 unspecified atom stereocenters. The third kappa shape index (κ3) is 4.45. The monoisotopic (exact) mass is 406 g/mol. The van der Waals surface area contributed by atoms with Crippen molar-refractivity contribution in [2.45, 2.75) is 31.3 Å². The van der Waals surface area contributed by atoms with Gasteiger partial charge in [-0.2, -0.15) is 0 Å². The van der Waals surface area contributed by atoms with Crippen molar-refractivity contribution >= 4 is 23.3 Å². The zero-order valence-corrected chi connectivity index (χ0v) is 17.0. The molecular formula is C23H26N4O3. The highest BCUT2D eigenvalue weighted by Gasteiger charge is 2.48. The second-order valence-electron chi connectivity index (χ2n) is 7.98. The van der Waals surface area contributed by atoms with Crippen LogP contribution in [-0.4, -0.2) is 47.8 Å². The molecule has 1 saturated heterocycles. The minimum atomic E-state index is -0.605. The lowest BCUT2D eigenvalue weighted by Crippen LogP contribution is -2.40. The summed E-state index contributed by atoms with van der Waals surface area (Å²) in [5.41, 5.74) is 1.71. The van der Waals surface area contributed by atoms with Crippen molar-refractivity contribution in [3.8, 4) is 0 Å². The maximum Gasteiger partial charge on any atom is 0.321 e. The minimum absolute atomic E-state index is 0.170. The van der Waals surface area contributed by atoms with Crippen molar-refractivity contribution in [3.63, 3.8) is 0 Å². The number of urea groups is 1. The summed E-state index contributed by atoms with van der Waals surface area (Å²) in [6.45, 7) is 3.57. The van der Waals surface area contributed by atoms with Crippen molar-refractivity contribution in [2.24, 2.45) is 5.16 Å². The predicted octanol–water partition coefficient (Wildman–Crippen LogP) is 3.36. The van der Waals surface area contributed by atoms with Crippen LogP contribution in [-0.2, 0) is 9.63 Å². The first-order chi connectivity index (χ1) is 14.5. The van der Waals surface area contributed by atoms with Crippen LogP contribution in [0, 0.1) is 0 Å². The number of nitrogens with zero attached hydrogens (tertiary/aromatic N) is 2. The lowest BCUT2D eigenvalue weighted by atomic mass is 9.96. The number of para-hydroxylation sites is 1. The van der Waals surface area contributed by atoms with Gasteiger partial charge in [0.2, 0.25) is 0 Å². The van der Waals surface area contributed by atoms with E-state index in [-0.39, 0.29) is 17.9 Å². The first-order valence-corrected chi connectivity index (χ1v) is 10.2. The molecule has 1 spiro atoms. The summed E-state index contributed by atoms with van der Waals surface area (Å²) in [6.07, 6.45) is 1.06. The van der Waals surface area contributed by atoms with E-state index in [1.165, 1.54) is 5.56 Å². The van der Waals surface area contributed by atoms with Gasteiger partial charge < -0.3 is 20.4 Å². The number of benzene rings is 2. The van der Waals surface area contributed by atoms with Crippen molar-refractivity contribution in [1.82, 2.24) is 10.2 Å². The first kappa shape index (κ1) is 19.9. The molecule has 0 saturated carbocycles. The highest BCUT2D eigenvalue weighted by molar-refractivity contribution is 6.39. The molecule has 2 heterocycles. The fourth-order valence-corrected chi connectivity index (χ4v) is 3.85. The molecule has 30 heavy (non-hydrogen) atoms. The zero-order valence-electron chi connectivity index (χ0n) is 17.0. The van der Waals surface area contributed by atoms with E-state index in [1.54, 1.807) is 4.90 Å². The van der Waals surface area contributed by atoms with Crippen LogP contribution in [0.4, 0.5) is 10.5 Å². The number of carbonyl (C=O) groups is 2. The Morgan fingerprint density at radius 3 is 2.57 bits per heavy atom. The number of hydrogen-bond acceptors (Lipinski definition) is 4. The van der Waals surface area contributed by atoms with Crippen LogP contribution in [0.3, 0.4) is 0 Å². The molecule has 1 fully saturated rings. The maximum atomic E-state index is 12.6. The van der Waals surface area contributed by atoms with Crippen LogP contribution in [0.1, 0.15) is 31.2 Å². The summed E-state index contributed by atoms with van der Waals surface area (Å²) in [5.74, 6) is -0.00229. The van der Waals surface area contributed by atoms with Crippen LogP contribution < -0.4 is 10.6 Å². The molecule has 3 amide bonds. The molecule has 0 bridgehead atoms. The normalized spacial score (nSPS) is 21.1. The summed E-state index contributed by atoms with van der Waals surface area (Å²) >= 11 is 0. The quantitative estimate of drug-likeness (QED) is 0.799. The van der Waals surface area contributed by atoms with E-state index < -0.39 is 5.60 Å². The molecule has 4 rings (SSSR count). The largest absolute Gasteiger partial charge is 0.386 e. The molecule has 7 nitrogen and oxygen atoms in total. The third-order valence-electron chi connectivity index (χ3n) is 5.67. The van der Waals surface area contributed by atoms with Gasteiger partial charge in [0.15, 0.2) is 5.60 Å². The number of likely N-dealkylation sites (tertiary alicyclic amines) is 1. The second-order valence-corrected chi connectivity index (χ2v) is 7.98. The fourth-order valence-electron chi connectivity index (χ4n) is 3.85. The Balaban J connectivity index is 1.27. The van der Waals surface area contributed by atoms with Gasteiger partial charge >= 0.3 is 6.03 Å². The smallest absolute Gasteiger partial charge is 0.321 e. The molecule has 2 aliphatic heterocycles. The van der Waals surface area contributed by atoms with E-state index in [2.05, 4.69) is 34.8 Å². The fraction of sp³-hybridized carbons (Fsp3) is 0.348. The molecule has 2 atom stereocenters. The number of oxime groups is 1. The average Bonchev–Trinajstić information content (AvgIpc) is 3.40. The van der Waals surface area contributed by atoms with Crippen LogP contribution >= 0.6 is 0 Å². The van der Waals surface area contributed by atoms with Gasteiger partial charge in [0.05, 0.1) is 6.54 Å². The standard InChI is InChI=1S/C23H26N4O3/c1-17(18-8-4-2-5-9-18)15-24-21(28)20-14-23(30-26-20)12-13-27(16-23)22(29)25-19-10-6-3-7-11-19/h2-11,17H,12-16H2,1H3,(H,24,28)(H,25,29). The Morgan fingerprint density at radius 1 is 1.13 bits per heavy atom. The Kier molecular flexibility index (Phi) is 5.70. The van der Waals surface area contributed by atoms with E-state index in [4.69, 9.17) is 4.84 Å². The number of hydrogen-bond donors (Lipinski definition) is 2. The zero-order chi connectivity index (χ0) is 21.0. The Morgan fingerprint density at radius 2 is 1.83 bits per heavy atom. The lowest BCUT2D eigenvalue weighted by molar-refractivity contribution is -0.115. The summed E-state index contributed by atoms with van der Waals surface area (Å²) < 4.78 is 0. The highest BCUT2D eigenvalue weighted by atomic mass is 16.7. The van der Waals surface area contributed by atoms with Crippen LogP contribution in [0.25, 0.3) is 0 Å². The van der Waals surface area contributed by atoms with Gasteiger partial charge in [-0.25, -0.2) is 4.79 Å². The number of anilines is 1. The van der Waals surface area contributed by atoms with Gasteiger partial charge in [0, 0.05) is 31.6 Å². The van der Waals surface area contributed by atoms with E-state index in [9.17, 15) is 9.59 Å². The van der Waals surface area contributed by atoms with E-state index in [1.807, 2.05) is 48.5 Å². The summed E-state index contributed by atoms with van der Waals surface area (Å²) in [5, 5.41) is 9.89. The van der Waals surface area contributed by atoms with Gasteiger partial charge in [-0.1, -0.05) is 60.6 Å². The van der Waals surface area contributed by atoms with Crippen molar-refractivity contribution in [1.29, 1.82) is 0 Å². The van der Waals surface area contributed by atoms with Crippen LogP contribution in [0.5, 0.6) is 0 Å². The third-order valence-corrected chi connectivity index (χ3v) is 5.67. The van der Waals surface area contributed by atoms with Gasteiger partial charge in [0.25, 0.3) is 5.91 Å². The second kappa shape index (κ2) is 8.57.